The minimum absolute atomic E-state index is 0.0465. The summed E-state index contributed by atoms with van der Waals surface area (Å²) in [7, 11) is 1.39. The third-order valence-electron chi connectivity index (χ3n) is 6.64. The molecule has 0 radical (unpaired) electrons. The van der Waals surface area contributed by atoms with Crippen molar-refractivity contribution < 1.29 is 27.8 Å². The molecule has 0 aliphatic heterocycles. The molecule has 3 aromatic rings. The molecule has 1 unspecified atom stereocenters. The van der Waals surface area contributed by atoms with E-state index in [4.69, 9.17) is 19.9 Å². The molecule has 3 N–H and O–H groups in total. The lowest BCUT2D eigenvalue weighted by Crippen LogP contribution is -2.27. The Morgan fingerprint density at radius 2 is 1.94 bits per heavy atom. The zero-order valence-corrected chi connectivity index (χ0v) is 20.1. The Hall–Kier alpha value is -3.40. The molecule has 2 heterocycles. The summed E-state index contributed by atoms with van der Waals surface area (Å²) >= 11 is 0. The number of imidazole rings is 1. The van der Waals surface area contributed by atoms with Crippen molar-refractivity contribution in [3.05, 3.63) is 42.2 Å². The maximum absolute atomic E-state index is 13.3. The Bertz CT molecular complexity index is 1240. The monoisotopic (exact) mass is 500 g/mol. The molecule has 2 aromatic heterocycles. The number of halogens is 2. The second kappa shape index (κ2) is 10.3. The van der Waals surface area contributed by atoms with E-state index in [1.165, 1.54) is 13.2 Å². The normalized spacial score (nSPS) is 20.2. The Kier molecular flexibility index (Phi) is 6.95. The lowest BCUT2D eigenvalue weighted by atomic mass is 10.1. The van der Waals surface area contributed by atoms with Gasteiger partial charge in [-0.2, -0.15) is 8.78 Å². The van der Waals surface area contributed by atoms with Crippen molar-refractivity contribution in [2.75, 3.05) is 7.11 Å². The Morgan fingerprint density at radius 3 is 2.69 bits per heavy atom. The number of nitrogens with one attached hydrogen (secondary N) is 1. The fraction of sp³-hybridized carbons (Fsp3) is 0.462. The molecule has 10 heteroatoms. The molecule has 1 aromatic carbocycles. The van der Waals surface area contributed by atoms with Crippen LogP contribution in [-0.2, 0) is 0 Å². The lowest BCUT2D eigenvalue weighted by molar-refractivity contribution is -0.0502. The number of methoxy groups -OCH3 is 1. The summed E-state index contributed by atoms with van der Waals surface area (Å²) in [6, 6.07) is 6.92. The van der Waals surface area contributed by atoms with Crippen LogP contribution in [-0.4, -0.2) is 47.2 Å². The molecule has 0 bridgehead atoms. The number of rotatable bonds is 8. The number of nitrogens with zero attached hydrogens (tertiary/aromatic N) is 2. The van der Waals surface area contributed by atoms with Crippen molar-refractivity contribution >= 4 is 11.6 Å². The molecule has 1 amide bonds. The number of amides is 1. The smallest absolute Gasteiger partial charge is 0.387 e. The topological polar surface area (TPSA) is 100 Å². The van der Waals surface area contributed by atoms with Gasteiger partial charge in [0.1, 0.15) is 34.6 Å². The van der Waals surface area contributed by atoms with Gasteiger partial charge < -0.3 is 25.3 Å². The van der Waals surface area contributed by atoms with Gasteiger partial charge in [-0.15, -0.1) is 0 Å². The highest BCUT2D eigenvalue weighted by molar-refractivity contribution is 6.01. The molecule has 2 fully saturated rings. The number of carbonyl (C=O) groups excluding carboxylic acids is 1. The molecule has 2 saturated carbocycles. The third kappa shape index (κ3) is 5.38. The summed E-state index contributed by atoms with van der Waals surface area (Å²) in [5.41, 5.74) is 7.88. The largest absolute Gasteiger partial charge is 0.496 e. The maximum atomic E-state index is 13.3. The second-order valence-electron chi connectivity index (χ2n) is 9.43. The molecule has 2 aliphatic carbocycles. The highest BCUT2D eigenvalue weighted by Gasteiger charge is 2.29. The van der Waals surface area contributed by atoms with Gasteiger partial charge in [0, 0.05) is 29.9 Å². The first kappa shape index (κ1) is 24.3. The van der Waals surface area contributed by atoms with Crippen molar-refractivity contribution in [1.29, 1.82) is 0 Å². The molecule has 5 rings (SSSR count). The van der Waals surface area contributed by atoms with Crippen LogP contribution in [0.3, 0.4) is 0 Å². The van der Waals surface area contributed by atoms with Crippen molar-refractivity contribution in [2.45, 2.75) is 69.7 Å². The van der Waals surface area contributed by atoms with Crippen molar-refractivity contribution in [2.24, 2.45) is 5.73 Å². The van der Waals surface area contributed by atoms with E-state index >= 15 is 0 Å². The van der Waals surface area contributed by atoms with Crippen molar-refractivity contribution in [1.82, 2.24) is 14.7 Å². The van der Waals surface area contributed by atoms with Crippen molar-refractivity contribution in [3.63, 3.8) is 0 Å². The number of carbonyl (C=O) groups is 1. The average Bonchev–Trinajstić information content (AvgIpc) is 3.59. The van der Waals surface area contributed by atoms with E-state index in [0.717, 1.165) is 44.9 Å². The van der Waals surface area contributed by atoms with Crippen molar-refractivity contribution in [3.8, 4) is 28.5 Å². The number of fused-ring (bicyclic) bond motifs is 1. The van der Waals surface area contributed by atoms with Crippen LogP contribution < -0.4 is 25.3 Å². The van der Waals surface area contributed by atoms with Crippen LogP contribution in [0.5, 0.6) is 17.2 Å². The molecule has 0 spiro atoms. The molecule has 2 atom stereocenters. The molecule has 0 saturated heterocycles. The van der Waals surface area contributed by atoms with E-state index in [1.807, 2.05) is 22.7 Å². The first-order valence-electron chi connectivity index (χ1n) is 12.3. The Morgan fingerprint density at radius 1 is 1.17 bits per heavy atom. The number of ether oxygens (including phenoxy) is 3. The first-order chi connectivity index (χ1) is 17.4. The van der Waals surface area contributed by atoms with E-state index in [1.54, 1.807) is 12.3 Å². The average molecular weight is 501 g/mol. The summed E-state index contributed by atoms with van der Waals surface area (Å²) in [5, 5.41) is 2.81. The number of pyridine rings is 1. The van der Waals surface area contributed by atoms with E-state index in [-0.39, 0.29) is 35.3 Å². The summed E-state index contributed by atoms with van der Waals surface area (Å²) in [6.45, 7) is -3.10. The van der Waals surface area contributed by atoms with Gasteiger partial charge in [-0.1, -0.05) is 6.42 Å². The fourth-order valence-electron chi connectivity index (χ4n) is 4.70. The van der Waals surface area contributed by atoms with Crippen LogP contribution in [0.4, 0.5) is 8.78 Å². The van der Waals surface area contributed by atoms with Gasteiger partial charge in [0.25, 0.3) is 5.91 Å². The Balaban J connectivity index is 1.46. The van der Waals surface area contributed by atoms with E-state index in [2.05, 4.69) is 10.3 Å². The van der Waals surface area contributed by atoms with Crippen LogP contribution in [0.15, 0.2) is 36.7 Å². The van der Waals surface area contributed by atoms with Crippen LogP contribution in [0.2, 0.25) is 0 Å². The van der Waals surface area contributed by atoms with Gasteiger partial charge in [0.15, 0.2) is 0 Å². The molecule has 36 heavy (non-hydrogen) atoms. The van der Waals surface area contributed by atoms with Gasteiger partial charge >= 0.3 is 6.61 Å². The molecule has 2 aliphatic rings. The summed E-state index contributed by atoms with van der Waals surface area (Å²) < 4.78 is 44.7. The van der Waals surface area contributed by atoms with Crippen LogP contribution in [0, 0.1) is 0 Å². The highest BCUT2D eigenvalue weighted by Crippen LogP contribution is 2.37. The standard InChI is InChI=1S/C26H30F2N4O4/c1-34-21-10-15(11-22(36-26(27)28)24(21)25(33)31-17-6-7-17)20-14-30-23-13-19(8-9-32(20)23)35-18-5-3-2-4-16(29)12-18/h8-11,13-14,16-18,26H,2-7,12,29H2,1H3,(H,31,33)/t16-,18?/m1/s1. The minimum atomic E-state index is -3.10. The number of nitrogens with two attached hydrogens (primary N) is 1. The van der Waals surface area contributed by atoms with Crippen LogP contribution in [0.1, 0.15) is 55.3 Å². The quantitative estimate of drug-likeness (QED) is 0.441. The molecule has 192 valence electrons. The van der Waals surface area contributed by atoms with E-state index < -0.39 is 12.5 Å². The number of alkyl halides is 2. The summed E-state index contributed by atoms with van der Waals surface area (Å²) in [4.78, 5) is 17.3. The van der Waals surface area contributed by atoms with E-state index in [9.17, 15) is 13.6 Å². The minimum Gasteiger partial charge on any atom is -0.496 e. The number of benzene rings is 1. The number of hydrogen-bond donors (Lipinski definition) is 2. The van der Waals surface area contributed by atoms with Gasteiger partial charge in [0.05, 0.1) is 19.0 Å². The zero-order chi connectivity index (χ0) is 25.2. The Labute approximate surface area is 207 Å². The predicted octanol–water partition coefficient (Wildman–Crippen LogP) is 4.54. The van der Waals surface area contributed by atoms with Gasteiger partial charge in [0.2, 0.25) is 0 Å². The molecular formula is C26H30F2N4O4. The van der Waals surface area contributed by atoms with Gasteiger partial charge in [-0.05, 0) is 56.7 Å². The van der Waals surface area contributed by atoms with E-state index in [0.29, 0.717) is 22.7 Å². The summed E-state index contributed by atoms with van der Waals surface area (Å²) in [6.07, 6.45) is 10.2. The SMILES string of the molecule is COc1cc(-c2cnc3cc(OC4CCCC[C@@H](N)C4)ccn23)cc(OC(F)F)c1C(=O)NC1CC1. The lowest BCUT2D eigenvalue weighted by Gasteiger charge is -2.19. The van der Waals surface area contributed by atoms with Crippen LogP contribution >= 0.6 is 0 Å². The summed E-state index contributed by atoms with van der Waals surface area (Å²) in [5.74, 6) is 0.0814. The molecular weight excluding hydrogens is 470 g/mol. The highest BCUT2D eigenvalue weighted by atomic mass is 19.3. The molecule has 8 nitrogen and oxygen atoms in total. The number of aromatic nitrogens is 2. The fourth-order valence-corrected chi connectivity index (χ4v) is 4.70. The predicted molar refractivity (Wildman–Crippen MR) is 130 cm³/mol. The first-order valence-corrected chi connectivity index (χ1v) is 12.3. The zero-order valence-electron chi connectivity index (χ0n) is 20.1. The van der Waals surface area contributed by atoms with Gasteiger partial charge in [-0.25, -0.2) is 4.98 Å². The third-order valence-corrected chi connectivity index (χ3v) is 6.64. The number of hydrogen-bond acceptors (Lipinski definition) is 6. The second-order valence-corrected chi connectivity index (χ2v) is 9.43. The van der Waals surface area contributed by atoms with Gasteiger partial charge in [-0.3, -0.25) is 9.20 Å². The maximum Gasteiger partial charge on any atom is 0.387 e. The van der Waals surface area contributed by atoms with Crippen LogP contribution in [0.25, 0.3) is 16.9 Å².